The minimum Gasteiger partial charge on any atom is -0.478 e. The van der Waals surface area contributed by atoms with Crippen LogP contribution in [0.2, 0.25) is 0 Å². The number of amides is 1. The lowest BCUT2D eigenvalue weighted by Gasteiger charge is -2.04. The molecule has 1 aromatic heterocycles. The third-order valence-electron chi connectivity index (χ3n) is 2.42. The van der Waals surface area contributed by atoms with Crippen LogP contribution in [-0.2, 0) is 0 Å². The first-order chi connectivity index (χ1) is 8.97. The molecule has 0 saturated heterocycles. The van der Waals surface area contributed by atoms with Crippen LogP contribution in [0.4, 0.5) is 9.39 Å². The number of benzene rings is 1. The van der Waals surface area contributed by atoms with E-state index in [4.69, 9.17) is 5.11 Å². The van der Waals surface area contributed by atoms with Gasteiger partial charge in [0, 0.05) is 10.4 Å². The smallest absolute Gasteiger partial charge is 0.338 e. The molecule has 0 saturated carbocycles. The van der Waals surface area contributed by atoms with E-state index in [1.807, 2.05) is 0 Å². The van der Waals surface area contributed by atoms with Gasteiger partial charge in [0.15, 0.2) is 0 Å². The van der Waals surface area contributed by atoms with E-state index in [1.54, 1.807) is 6.92 Å². The zero-order chi connectivity index (χ0) is 14.0. The summed E-state index contributed by atoms with van der Waals surface area (Å²) in [5.41, 5.74) is 0.321. The Labute approximate surface area is 112 Å². The maximum absolute atomic E-state index is 12.7. The van der Waals surface area contributed by atoms with Crippen molar-refractivity contribution in [2.24, 2.45) is 0 Å². The summed E-state index contributed by atoms with van der Waals surface area (Å²) in [7, 11) is 0. The normalized spacial score (nSPS) is 10.2. The van der Waals surface area contributed by atoms with Crippen LogP contribution in [-0.4, -0.2) is 17.0 Å². The first kappa shape index (κ1) is 13.2. The van der Waals surface area contributed by atoms with Gasteiger partial charge >= 0.3 is 5.97 Å². The number of halogens is 1. The van der Waals surface area contributed by atoms with Gasteiger partial charge in [-0.3, -0.25) is 4.79 Å². The van der Waals surface area contributed by atoms with Gasteiger partial charge in [0.05, 0.1) is 5.56 Å². The molecule has 2 N–H and O–H groups in total. The highest BCUT2D eigenvalue weighted by Gasteiger charge is 2.16. The van der Waals surface area contributed by atoms with Crippen LogP contribution in [0.25, 0.3) is 0 Å². The van der Waals surface area contributed by atoms with Gasteiger partial charge in [-0.2, -0.15) is 0 Å². The quantitative estimate of drug-likeness (QED) is 0.907. The monoisotopic (exact) mass is 279 g/mol. The minimum atomic E-state index is -1.10. The first-order valence-electron chi connectivity index (χ1n) is 5.38. The van der Waals surface area contributed by atoms with Gasteiger partial charge in [0.25, 0.3) is 5.91 Å². The second-order valence-electron chi connectivity index (χ2n) is 3.87. The molecule has 2 rings (SSSR count). The van der Waals surface area contributed by atoms with Gasteiger partial charge in [0.1, 0.15) is 10.8 Å². The SMILES string of the molecule is Cc1cc(C(=O)O)c(NC(=O)c2ccc(F)cc2)s1. The van der Waals surface area contributed by atoms with Crippen LogP contribution >= 0.6 is 11.3 Å². The number of rotatable bonds is 3. The highest BCUT2D eigenvalue weighted by atomic mass is 32.1. The lowest BCUT2D eigenvalue weighted by molar-refractivity contribution is 0.0698. The van der Waals surface area contributed by atoms with E-state index in [0.717, 1.165) is 4.88 Å². The Morgan fingerprint density at radius 1 is 1.26 bits per heavy atom. The maximum atomic E-state index is 12.7. The summed E-state index contributed by atoms with van der Waals surface area (Å²) in [6, 6.07) is 6.52. The predicted octanol–water partition coefficient (Wildman–Crippen LogP) is 3.15. The van der Waals surface area contributed by atoms with Crippen molar-refractivity contribution in [2.45, 2.75) is 6.92 Å². The lowest BCUT2D eigenvalue weighted by atomic mass is 10.2. The van der Waals surface area contributed by atoms with Gasteiger partial charge in [-0.25, -0.2) is 9.18 Å². The van der Waals surface area contributed by atoms with Crippen molar-refractivity contribution < 1.29 is 19.1 Å². The van der Waals surface area contributed by atoms with Crippen LogP contribution < -0.4 is 5.32 Å². The summed E-state index contributed by atoms with van der Waals surface area (Å²) >= 11 is 1.18. The number of aryl methyl sites for hydroxylation is 1. The van der Waals surface area contributed by atoms with Crippen molar-refractivity contribution in [3.8, 4) is 0 Å². The highest BCUT2D eigenvalue weighted by Crippen LogP contribution is 2.28. The molecule has 0 bridgehead atoms. The van der Waals surface area contributed by atoms with Crippen LogP contribution in [0.1, 0.15) is 25.6 Å². The average molecular weight is 279 g/mol. The van der Waals surface area contributed by atoms with Crippen LogP contribution in [0.15, 0.2) is 30.3 Å². The Morgan fingerprint density at radius 2 is 1.89 bits per heavy atom. The van der Waals surface area contributed by atoms with E-state index in [-0.39, 0.29) is 16.1 Å². The zero-order valence-corrected chi connectivity index (χ0v) is 10.8. The fourth-order valence-corrected chi connectivity index (χ4v) is 2.44. The van der Waals surface area contributed by atoms with Gasteiger partial charge in [-0.05, 0) is 37.3 Å². The molecule has 0 atom stereocenters. The number of hydrogen-bond acceptors (Lipinski definition) is 3. The number of thiophene rings is 1. The highest BCUT2D eigenvalue weighted by molar-refractivity contribution is 7.16. The molecule has 0 unspecified atom stereocenters. The van der Waals surface area contributed by atoms with E-state index in [9.17, 15) is 14.0 Å². The Morgan fingerprint density at radius 3 is 2.47 bits per heavy atom. The third-order valence-corrected chi connectivity index (χ3v) is 3.39. The number of carboxylic acid groups (broad SMARTS) is 1. The molecule has 1 amide bonds. The van der Waals surface area contributed by atoms with Crippen LogP contribution in [0.5, 0.6) is 0 Å². The number of carbonyl (C=O) groups is 2. The van der Waals surface area contributed by atoms with E-state index in [2.05, 4.69) is 5.32 Å². The number of hydrogen-bond donors (Lipinski definition) is 2. The summed E-state index contributed by atoms with van der Waals surface area (Å²) in [6.07, 6.45) is 0. The topological polar surface area (TPSA) is 66.4 Å². The number of carboxylic acids is 1. The van der Waals surface area contributed by atoms with Gasteiger partial charge < -0.3 is 10.4 Å². The van der Waals surface area contributed by atoms with Gasteiger partial charge in [0.2, 0.25) is 0 Å². The molecular weight excluding hydrogens is 269 g/mol. The van der Waals surface area contributed by atoms with Crippen molar-refractivity contribution in [1.82, 2.24) is 0 Å². The zero-order valence-electron chi connectivity index (χ0n) is 9.94. The summed E-state index contributed by atoms with van der Waals surface area (Å²) in [5.74, 6) is -2.00. The molecule has 0 radical (unpaired) electrons. The minimum absolute atomic E-state index is 0.0537. The second-order valence-corrected chi connectivity index (χ2v) is 5.12. The van der Waals surface area contributed by atoms with Crippen molar-refractivity contribution >= 4 is 28.2 Å². The number of aromatic carboxylic acids is 1. The fraction of sp³-hybridized carbons (Fsp3) is 0.0769. The van der Waals surface area contributed by atoms with Crippen LogP contribution in [0.3, 0.4) is 0 Å². The molecule has 0 spiro atoms. The Hall–Kier alpha value is -2.21. The summed E-state index contributed by atoms with van der Waals surface area (Å²) in [6.45, 7) is 1.75. The van der Waals surface area contributed by atoms with E-state index < -0.39 is 17.7 Å². The van der Waals surface area contributed by atoms with E-state index in [1.165, 1.54) is 41.7 Å². The molecule has 6 heteroatoms. The predicted molar refractivity (Wildman–Crippen MR) is 70.4 cm³/mol. The second kappa shape index (κ2) is 5.19. The molecule has 19 heavy (non-hydrogen) atoms. The Bertz CT molecular complexity index is 634. The largest absolute Gasteiger partial charge is 0.478 e. The molecule has 0 aliphatic rings. The molecule has 0 aliphatic heterocycles. The van der Waals surface area contributed by atoms with Crippen molar-refractivity contribution in [3.63, 3.8) is 0 Å². The maximum Gasteiger partial charge on any atom is 0.338 e. The number of nitrogens with one attached hydrogen (secondary N) is 1. The fourth-order valence-electron chi connectivity index (χ4n) is 1.54. The molecule has 0 aliphatic carbocycles. The molecule has 1 aromatic carbocycles. The van der Waals surface area contributed by atoms with E-state index >= 15 is 0 Å². The Kier molecular flexibility index (Phi) is 3.62. The Balaban J connectivity index is 2.24. The van der Waals surface area contributed by atoms with E-state index in [0.29, 0.717) is 0 Å². The van der Waals surface area contributed by atoms with Gasteiger partial charge in [-0.15, -0.1) is 11.3 Å². The third kappa shape index (κ3) is 2.97. The number of anilines is 1. The van der Waals surface area contributed by atoms with Crippen molar-refractivity contribution in [1.29, 1.82) is 0 Å². The molecule has 2 aromatic rings. The number of carbonyl (C=O) groups excluding carboxylic acids is 1. The van der Waals surface area contributed by atoms with Crippen molar-refractivity contribution in [3.05, 3.63) is 52.2 Å². The van der Waals surface area contributed by atoms with Crippen LogP contribution in [0, 0.1) is 12.7 Å². The molecule has 1 heterocycles. The average Bonchev–Trinajstić information content (AvgIpc) is 2.71. The summed E-state index contributed by atoms with van der Waals surface area (Å²) in [4.78, 5) is 23.7. The summed E-state index contributed by atoms with van der Waals surface area (Å²) in [5, 5.41) is 11.8. The molecule has 98 valence electrons. The first-order valence-corrected chi connectivity index (χ1v) is 6.19. The van der Waals surface area contributed by atoms with Crippen molar-refractivity contribution in [2.75, 3.05) is 5.32 Å². The molecule has 0 fully saturated rings. The molecular formula is C13H10FNO3S. The standard InChI is InChI=1S/C13H10FNO3S/c1-7-6-10(13(17)18)12(19-7)15-11(16)8-2-4-9(14)5-3-8/h2-6H,1H3,(H,15,16)(H,17,18). The molecule has 4 nitrogen and oxygen atoms in total. The summed E-state index contributed by atoms with van der Waals surface area (Å²) < 4.78 is 12.7. The van der Waals surface area contributed by atoms with Gasteiger partial charge in [-0.1, -0.05) is 0 Å². The lowest BCUT2D eigenvalue weighted by Crippen LogP contribution is -2.13.